The molecule has 0 saturated heterocycles. The summed E-state index contributed by atoms with van der Waals surface area (Å²) >= 11 is 3.75. The molecular weight excluding hydrogens is 573 g/mol. The first-order valence-electron chi connectivity index (χ1n) is 14.7. The van der Waals surface area contributed by atoms with E-state index >= 15 is 0 Å². The van der Waals surface area contributed by atoms with Crippen LogP contribution < -0.4 is 0 Å². The zero-order valence-electron chi connectivity index (χ0n) is 23.4. The van der Waals surface area contributed by atoms with Gasteiger partial charge < -0.3 is 0 Å². The van der Waals surface area contributed by atoms with Crippen LogP contribution in [0.15, 0.2) is 134 Å². The van der Waals surface area contributed by atoms with Crippen LogP contribution >= 0.6 is 22.7 Å². The van der Waals surface area contributed by atoms with E-state index in [0.717, 1.165) is 21.8 Å². The summed E-state index contributed by atoms with van der Waals surface area (Å²) in [5.74, 6) is 0. The van der Waals surface area contributed by atoms with Gasteiger partial charge in [0.15, 0.2) is 0 Å². The molecule has 0 bridgehead atoms. The summed E-state index contributed by atoms with van der Waals surface area (Å²) < 4.78 is 5.30. The van der Waals surface area contributed by atoms with E-state index in [2.05, 4.69) is 121 Å². The highest BCUT2D eigenvalue weighted by Crippen LogP contribution is 2.44. The molecule has 44 heavy (non-hydrogen) atoms. The molecule has 0 amide bonds. The zero-order chi connectivity index (χ0) is 28.8. The lowest BCUT2D eigenvalue weighted by atomic mass is 9.92. The third-order valence-corrected chi connectivity index (χ3v) is 11.4. The second-order valence-corrected chi connectivity index (χ2v) is 13.4. The lowest BCUT2D eigenvalue weighted by molar-refractivity contribution is 1.31. The quantitative estimate of drug-likeness (QED) is 0.186. The molecule has 3 heterocycles. The van der Waals surface area contributed by atoms with Crippen LogP contribution in [0.5, 0.6) is 0 Å². The van der Waals surface area contributed by atoms with E-state index in [1.807, 2.05) is 22.7 Å². The lowest BCUT2D eigenvalue weighted by Gasteiger charge is -2.13. The Hall–Kier alpha value is -5.16. The summed E-state index contributed by atoms with van der Waals surface area (Å²) in [5.41, 5.74) is 6.86. The molecule has 0 saturated carbocycles. The van der Waals surface area contributed by atoms with Crippen molar-refractivity contribution in [2.45, 2.75) is 0 Å². The van der Waals surface area contributed by atoms with Crippen molar-refractivity contribution >= 4 is 95.6 Å². The Labute approximate surface area is 260 Å². The molecule has 0 N–H and O–H groups in total. The van der Waals surface area contributed by atoms with Gasteiger partial charge in [0.25, 0.3) is 0 Å². The van der Waals surface area contributed by atoms with Gasteiger partial charge in [-0.25, -0.2) is 0 Å². The van der Waals surface area contributed by atoms with Gasteiger partial charge in [-0.15, -0.1) is 22.7 Å². The van der Waals surface area contributed by atoms with Crippen LogP contribution in [0.4, 0.5) is 0 Å². The van der Waals surface area contributed by atoms with Crippen molar-refractivity contribution in [2.75, 3.05) is 0 Å². The monoisotopic (exact) mass is 594 g/mol. The van der Waals surface area contributed by atoms with E-state index in [0.29, 0.717) is 0 Å². The van der Waals surface area contributed by atoms with Gasteiger partial charge in [0.2, 0.25) is 0 Å². The van der Waals surface area contributed by atoms with Gasteiger partial charge >= 0.3 is 0 Å². The van der Waals surface area contributed by atoms with Crippen molar-refractivity contribution < 1.29 is 0 Å². The second-order valence-electron chi connectivity index (χ2n) is 11.3. The normalized spacial score (nSPS) is 12.1. The summed E-state index contributed by atoms with van der Waals surface area (Å²) in [7, 11) is 0. The van der Waals surface area contributed by atoms with Crippen LogP contribution in [0.25, 0.3) is 95.2 Å². The molecule has 2 nitrogen and oxygen atoms in total. The van der Waals surface area contributed by atoms with E-state index in [9.17, 15) is 0 Å². The molecule has 4 heteroatoms. The minimum atomic E-state index is 0.945. The third-order valence-electron chi connectivity index (χ3n) is 8.97. The molecule has 7 aromatic carbocycles. The zero-order valence-corrected chi connectivity index (χ0v) is 25.0. The molecule has 0 aliphatic heterocycles. The minimum Gasteiger partial charge on any atom is -0.252 e. The maximum absolute atomic E-state index is 4.83. The maximum Gasteiger partial charge on any atom is 0.0971 e. The SMILES string of the molecule is c1ccc2c(c1)sc1c(-c3ccc4c(c3)c3cc(-c5cccc6c5sc5ccccc56)ccc3c3nccnc43)cccc12. The number of thiophene rings is 2. The van der Waals surface area contributed by atoms with E-state index in [1.165, 1.54) is 73.4 Å². The summed E-state index contributed by atoms with van der Waals surface area (Å²) in [6.45, 7) is 0. The minimum absolute atomic E-state index is 0.945. The molecule has 3 aromatic heterocycles. The fourth-order valence-electron chi connectivity index (χ4n) is 6.96. The number of nitrogens with zero attached hydrogens (tertiary/aromatic N) is 2. The Morgan fingerprint density at radius 3 is 1.32 bits per heavy atom. The Bertz CT molecular complexity index is 2590. The largest absolute Gasteiger partial charge is 0.252 e. The van der Waals surface area contributed by atoms with E-state index in [1.54, 1.807) is 12.4 Å². The van der Waals surface area contributed by atoms with Crippen LogP contribution in [0.2, 0.25) is 0 Å². The molecule has 0 spiro atoms. The average Bonchev–Trinajstić information content (AvgIpc) is 3.67. The van der Waals surface area contributed by atoms with Crippen LogP contribution in [-0.2, 0) is 0 Å². The average molecular weight is 595 g/mol. The molecule has 0 radical (unpaired) electrons. The van der Waals surface area contributed by atoms with Crippen molar-refractivity contribution in [1.82, 2.24) is 9.97 Å². The standard InChI is InChI=1S/C40H22N2S2/c1-3-13-35-27(7-1)31-11-5-9-25(39(31)43-35)23-15-17-29-33(21-23)34-22-24(16-18-30(34)38-37(29)41-19-20-42-38)26-10-6-12-32-28-8-2-4-14-36(28)44-40(26)32/h1-22H. The molecule has 10 rings (SSSR count). The van der Waals surface area contributed by atoms with E-state index < -0.39 is 0 Å². The van der Waals surface area contributed by atoms with E-state index in [-0.39, 0.29) is 0 Å². The van der Waals surface area contributed by atoms with Gasteiger partial charge in [-0.3, -0.25) is 9.97 Å². The maximum atomic E-state index is 4.83. The first-order valence-corrected chi connectivity index (χ1v) is 16.4. The Kier molecular flexibility index (Phi) is 5.06. The van der Waals surface area contributed by atoms with Gasteiger partial charge in [-0.1, -0.05) is 97.1 Å². The number of fused-ring (bicyclic) bond motifs is 12. The Morgan fingerprint density at radius 1 is 0.364 bits per heavy atom. The van der Waals surface area contributed by atoms with Crippen molar-refractivity contribution in [1.29, 1.82) is 0 Å². The summed E-state index contributed by atoms with van der Waals surface area (Å²) in [6, 6.07) is 44.6. The molecule has 204 valence electrons. The smallest absolute Gasteiger partial charge is 0.0971 e. The van der Waals surface area contributed by atoms with Crippen LogP contribution in [0.1, 0.15) is 0 Å². The van der Waals surface area contributed by atoms with Gasteiger partial charge in [0, 0.05) is 63.5 Å². The van der Waals surface area contributed by atoms with Gasteiger partial charge in [0.05, 0.1) is 11.0 Å². The van der Waals surface area contributed by atoms with Crippen molar-refractivity contribution in [3.05, 3.63) is 134 Å². The van der Waals surface area contributed by atoms with Crippen molar-refractivity contribution in [2.24, 2.45) is 0 Å². The van der Waals surface area contributed by atoms with Crippen LogP contribution in [-0.4, -0.2) is 9.97 Å². The topological polar surface area (TPSA) is 25.8 Å². The van der Waals surface area contributed by atoms with Crippen molar-refractivity contribution in [3.8, 4) is 22.3 Å². The van der Waals surface area contributed by atoms with Crippen LogP contribution in [0.3, 0.4) is 0 Å². The predicted octanol–water partition coefficient (Wildman–Crippen LogP) is 12.0. The highest BCUT2D eigenvalue weighted by Gasteiger charge is 2.16. The Balaban J connectivity index is 1.27. The molecule has 10 aromatic rings. The first-order chi connectivity index (χ1) is 21.8. The number of hydrogen-bond acceptors (Lipinski definition) is 4. The molecular formula is C40H22N2S2. The fourth-order valence-corrected chi connectivity index (χ4v) is 9.44. The third kappa shape index (κ3) is 3.41. The predicted molar refractivity (Wildman–Crippen MR) is 191 cm³/mol. The van der Waals surface area contributed by atoms with Gasteiger partial charge in [-0.05, 0) is 57.3 Å². The molecule has 0 atom stereocenters. The van der Waals surface area contributed by atoms with Gasteiger partial charge in [0.1, 0.15) is 0 Å². The van der Waals surface area contributed by atoms with Gasteiger partial charge in [-0.2, -0.15) is 0 Å². The van der Waals surface area contributed by atoms with E-state index in [4.69, 9.17) is 9.97 Å². The summed E-state index contributed by atoms with van der Waals surface area (Å²) in [4.78, 5) is 9.66. The number of hydrogen-bond donors (Lipinski definition) is 0. The number of aromatic nitrogens is 2. The summed E-state index contributed by atoms with van der Waals surface area (Å²) in [5, 5.41) is 9.94. The fraction of sp³-hybridized carbons (Fsp3) is 0. The van der Waals surface area contributed by atoms with Crippen LogP contribution in [0, 0.1) is 0 Å². The highest BCUT2D eigenvalue weighted by molar-refractivity contribution is 7.26. The summed E-state index contributed by atoms with van der Waals surface area (Å²) in [6.07, 6.45) is 3.60. The molecule has 0 unspecified atom stereocenters. The van der Waals surface area contributed by atoms with Crippen molar-refractivity contribution in [3.63, 3.8) is 0 Å². The Morgan fingerprint density at radius 2 is 0.818 bits per heavy atom. The first kappa shape index (κ1) is 24.3. The molecule has 0 aliphatic carbocycles. The number of benzene rings is 7. The number of rotatable bonds is 2. The molecule has 0 fully saturated rings. The lowest BCUT2D eigenvalue weighted by Crippen LogP contribution is -1.90. The second kappa shape index (κ2) is 9.17. The highest BCUT2D eigenvalue weighted by atomic mass is 32.1. The molecule has 0 aliphatic rings.